The lowest BCUT2D eigenvalue weighted by atomic mass is 10.1. The molecule has 1 N–H and O–H groups in total. The average molecular weight is 311 g/mol. The molecule has 1 rings (SSSR count). The highest BCUT2D eigenvalue weighted by Crippen LogP contribution is 2.21. The van der Waals surface area contributed by atoms with Gasteiger partial charge in [-0.25, -0.2) is 0 Å². The number of aromatic amines is 1. The molecule has 0 aliphatic heterocycles. The molecule has 0 radical (unpaired) electrons. The largest absolute Gasteiger partial charge is 0.341 e. The van der Waals surface area contributed by atoms with Crippen LogP contribution in [-0.4, -0.2) is 4.98 Å². The van der Waals surface area contributed by atoms with E-state index < -0.39 is 11.2 Å². The lowest BCUT2D eigenvalue weighted by Crippen LogP contribution is -2.14. The lowest BCUT2D eigenvalue weighted by molar-refractivity contribution is 0.600. The maximum Gasteiger partial charge on any atom is 0.226 e. The third kappa shape index (κ3) is 1.91. The van der Waals surface area contributed by atoms with Gasteiger partial charge in [-0.3, -0.25) is 4.79 Å². The average Bonchev–Trinajstić information content (AvgIpc) is 1.99. The van der Waals surface area contributed by atoms with Crippen LogP contribution in [0.25, 0.3) is 5.57 Å². The number of pyridine rings is 1. The quantitative estimate of drug-likeness (QED) is 0.795. The second-order valence-corrected chi connectivity index (χ2v) is 4.14. The summed E-state index contributed by atoms with van der Waals surface area (Å²) in [4.78, 5) is 14.0. The van der Waals surface area contributed by atoms with Crippen LogP contribution >= 0.6 is 31.9 Å². The summed E-state index contributed by atoms with van der Waals surface area (Å²) in [6, 6.07) is 0. The first-order chi connectivity index (χ1) is 5.95. The zero-order chi connectivity index (χ0) is 10.2. The van der Waals surface area contributed by atoms with E-state index in [-0.39, 0.29) is 10.2 Å². The zero-order valence-electron chi connectivity index (χ0n) is 6.75. The summed E-state index contributed by atoms with van der Waals surface area (Å²) in [6.07, 6.45) is 0. The van der Waals surface area contributed by atoms with Crippen molar-refractivity contribution >= 4 is 37.4 Å². The van der Waals surface area contributed by atoms with E-state index in [0.29, 0.717) is 10.2 Å². The molecule has 0 aromatic carbocycles. The van der Waals surface area contributed by atoms with Crippen molar-refractivity contribution in [1.82, 2.24) is 4.98 Å². The lowest BCUT2D eigenvalue weighted by Gasteiger charge is -2.04. The van der Waals surface area contributed by atoms with Crippen LogP contribution in [0.2, 0.25) is 0 Å². The van der Waals surface area contributed by atoms with Gasteiger partial charge in [0.25, 0.3) is 0 Å². The van der Waals surface area contributed by atoms with Gasteiger partial charge in [0.2, 0.25) is 11.2 Å². The molecule has 13 heavy (non-hydrogen) atoms. The van der Waals surface area contributed by atoms with E-state index in [4.69, 9.17) is 0 Å². The minimum absolute atomic E-state index is 0.0365. The van der Waals surface area contributed by atoms with E-state index in [1.807, 2.05) is 0 Å². The highest BCUT2D eigenvalue weighted by Gasteiger charge is 2.13. The Labute approximate surface area is 91.1 Å². The van der Waals surface area contributed by atoms with Crippen molar-refractivity contribution in [1.29, 1.82) is 0 Å². The first kappa shape index (κ1) is 10.7. The Morgan fingerprint density at radius 2 is 2.00 bits per heavy atom. The molecule has 5 heteroatoms. The Morgan fingerprint density at radius 1 is 1.46 bits per heavy atom. The van der Waals surface area contributed by atoms with Crippen molar-refractivity contribution in [2.24, 2.45) is 0 Å². The summed E-state index contributed by atoms with van der Waals surface area (Å²) < 4.78 is 13.5. The molecule has 0 atom stereocenters. The summed E-state index contributed by atoms with van der Waals surface area (Å²) in [5.41, 5.74) is 0.0882. The molecule has 0 aliphatic rings. The van der Waals surface area contributed by atoms with Gasteiger partial charge in [-0.05, 0) is 44.4 Å². The van der Waals surface area contributed by atoms with E-state index in [1.54, 1.807) is 6.92 Å². The third-order valence-electron chi connectivity index (χ3n) is 1.48. The van der Waals surface area contributed by atoms with Gasteiger partial charge in [0.05, 0.1) is 10.2 Å². The van der Waals surface area contributed by atoms with Crippen molar-refractivity contribution in [3.05, 3.63) is 37.4 Å². The Bertz CT molecular complexity index is 425. The van der Waals surface area contributed by atoms with Gasteiger partial charge in [-0.1, -0.05) is 6.58 Å². The van der Waals surface area contributed by atoms with Crippen LogP contribution < -0.4 is 5.43 Å². The SMILES string of the molecule is C=C(C)c1c(Br)[nH]c(Br)c(F)c1=O. The third-order valence-corrected chi connectivity index (χ3v) is 2.63. The molecule has 0 bridgehead atoms. The Hall–Kier alpha value is -0.420. The van der Waals surface area contributed by atoms with Crippen LogP contribution in [0.5, 0.6) is 0 Å². The molecule has 0 unspecified atom stereocenters. The van der Waals surface area contributed by atoms with Crippen LogP contribution in [0, 0.1) is 5.82 Å². The van der Waals surface area contributed by atoms with Crippen molar-refractivity contribution in [3.8, 4) is 0 Å². The van der Waals surface area contributed by atoms with E-state index in [9.17, 15) is 9.18 Å². The highest BCUT2D eigenvalue weighted by atomic mass is 79.9. The monoisotopic (exact) mass is 309 g/mol. The summed E-state index contributed by atoms with van der Waals surface area (Å²) in [6.45, 7) is 5.23. The predicted octanol–water partition coefficient (Wildman–Crippen LogP) is 3.07. The molecule has 70 valence electrons. The molecule has 0 amide bonds. The minimum atomic E-state index is -0.832. The van der Waals surface area contributed by atoms with E-state index in [2.05, 4.69) is 43.4 Å². The maximum atomic E-state index is 13.1. The van der Waals surface area contributed by atoms with Crippen molar-refractivity contribution in [2.45, 2.75) is 6.92 Å². The number of rotatable bonds is 1. The smallest absolute Gasteiger partial charge is 0.226 e. The fourth-order valence-corrected chi connectivity index (χ4v) is 2.27. The molecule has 0 saturated heterocycles. The summed E-state index contributed by atoms with van der Waals surface area (Å²) in [7, 11) is 0. The van der Waals surface area contributed by atoms with Gasteiger partial charge in [0, 0.05) is 0 Å². The van der Waals surface area contributed by atoms with Crippen LogP contribution in [0.15, 0.2) is 20.6 Å². The molecular weight excluding hydrogens is 305 g/mol. The first-order valence-corrected chi connectivity index (χ1v) is 4.96. The molecule has 0 aliphatic carbocycles. The van der Waals surface area contributed by atoms with Crippen LogP contribution in [0.4, 0.5) is 4.39 Å². The molecular formula is C8H6Br2FNO. The van der Waals surface area contributed by atoms with E-state index in [1.165, 1.54) is 0 Å². The van der Waals surface area contributed by atoms with Crippen LogP contribution in [0.3, 0.4) is 0 Å². The number of H-pyrrole nitrogens is 1. The molecule has 0 saturated carbocycles. The number of nitrogens with one attached hydrogen (secondary N) is 1. The normalized spacial score (nSPS) is 10.2. The summed E-state index contributed by atoms with van der Waals surface area (Å²) in [5.74, 6) is -0.832. The molecule has 0 fully saturated rings. The van der Waals surface area contributed by atoms with E-state index >= 15 is 0 Å². The Morgan fingerprint density at radius 3 is 2.46 bits per heavy atom. The topological polar surface area (TPSA) is 32.9 Å². The fraction of sp³-hybridized carbons (Fsp3) is 0.125. The first-order valence-electron chi connectivity index (χ1n) is 3.37. The Balaban J connectivity index is 3.63. The van der Waals surface area contributed by atoms with Crippen molar-refractivity contribution in [3.63, 3.8) is 0 Å². The summed E-state index contributed by atoms with van der Waals surface area (Å²) in [5, 5.41) is 0. The minimum Gasteiger partial charge on any atom is -0.341 e. The van der Waals surface area contributed by atoms with Gasteiger partial charge in [0.15, 0.2) is 0 Å². The second-order valence-electron chi connectivity index (χ2n) is 2.55. The molecule has 2 nitrogen and oxygen atoms in total. The van der Waals surface area contributed by atoms with Gasteiger partial charge >= 0.3 is 0 Å². The van der Waals surface area contributed by atoms with Gasteiger partial charge < -0.3 is 4.98 Å². The standard InChI is InChI=1S/C8H6Br2FNO/c1-3(2)4-6(13)5(11)8(10)12-7(4)9/h1H2,2H3,(H,12,13). The number of halogens is 3. The molecule has 0 spiro atoms. The molecule has 1 heterocycles. The summed E-state index contributed by atoms with van der Waals surface area (Å²) >= 11 is 6.01. The van der Waals surface area contributed by atoms with E-state index in [0.717, 1.165) is 0 Å². The van der Waals surface area contributed by atoms with Crippen molar-refractivity contribution in [2.75, 3.05) is 0 Å². The van der Waals surface area contributed by atoms with Crippen LogP contribution in [-0.2, 0) is 0 Å². The number of allylic oxidation sites excluding steroid dienone is 1. The maximum absolute atomic E-state index is 13.1. The van der Waals surface area contributed by atoms with Crippen molar-refractivity contribution < 1.29 is 4.39 Å². The zero-order valence-corrected chi connectivity index (χ0v) is 9.92. The molecule has 1 aromatic heterocycles. The Kier molecular flexibility index (Phi) is 3.08. The van der Waals surface area contributed by atoms with Crippen LogP contribution in [0.1, 0.15) is 12.5 Å². The molecule has 1 aromatic rings. The van der Waals surface area contributed by atoms with Gasteiger partial charge in [-0.15, -0.1) is 0 Å². The number of hydrogen-bond acceptors (Lipinski definition) is 1. The number of hydrogen-bond donors (Lipinski definition) is 1. The van der Waals surface area contributed by atoms with Gasteiger partial charge in [0.1, 0.15) is 4.60 Å². The predicted molar refractivity (Wildman–Crippen MR) is 57.1 cm³/mol. The van der Waals surface area contributed by atoms with Gasteiger partial charge in [-0.2, -0.15) is 4.39 Å². The highest BCUT2D eigenvalue weighted by molar-refractivity contribution is 9.11. The number of aromatic nitrogens is 1. The fourth-order valence-electron chi connectivity index (χ4n) is 0.904. The second kappa shape index (κ2) is 3.75.